The number of benzene rings is 4. The summed E-state index contributed by atoms with van der Waals surface area (Å²) in [6.45, 7) is 0. The lowest BCUT2D eigenvalue weighted by atomic mass is 9.60. The monoisotopic (exact) mass is 563 g/mol. The van der Waals surface area contributed by atoms with Crippen molar-refractivity contribution in [3.05, 3.63) is 146 Å². The van der Waals surface area contributed by atoms with Crippen molar-refractivity contribution in [3.63, 3.8) is 0 Å². The molecule has 0 unspecified atom stereocenters. The summed E-state index contributed by atoms with van der Waals surface area (Å²) >= 11 is 6.15. The molecule has 9 heteroatoms. The van der Waals surface area contributed by atoms with Crippen LogP contribution in [0.4, 0.5) is 5.69 Å². The zero-order valence-electron chi connectivity index (χ0n) is 21.1. The van der Waals surface area contributed by atoms with Crippen molar-refractivity contribution < 1.29 is 28.8 Å². The van der Waals surface area contributed by atoms with Gasteiger partial charge in [-0.1, -0.05) is 84.4 Å². The maximum absolute atomic E-state index is 14.6. The number of nitrogens with zero attached hydrogens (tertiary/aromatic N) is 1. The number of nitro groups is 1. The van der Waals surface area contributed by atoms with Crippen molar-refractivity contribution in [1.29, 1.82) is 0 Å². The molecule has 4 aromatic rings. The number of hydrogen-bond acceptors (Lipinski definition) is 7. The Morgan fingerprint density at radius 3 is 1.68 bits per heavy atom. The molecule has 7 rings (SSSR count). The zero-order chi connectivity index (χ0) is 28.7. The minimum Gasteiger partial charge on any atom is -0.348 e. The molecule has 8 nitrogen and oxygen atoms in total. The number of carbonyl (C=O) groups excluding carboxylic acids is 4. The number of hydrogen-bond donors (Lipinski definition) is 0. The predicted octanol–water partition coefficient (Wildman–Crippen LogP) is 5.99. The van der Waals surface area contributed by atoms with Crippen LogP contribution >= 0.6 is 11.6 Å². The number of rotatable bonds is 3. The molecule has 1 heterocycles. The topological polar surface area (TPSA) is 121 Å². The molecule has 4 aromatic carbocycles. The van der Waals surface area contributed by atoms with Crippen LogP contribution < -0.4 is 0 Å². The van der Waals surface area contributed by atoms with Gasteiger partial charge in [0.15, 0.2) is 11.6 Å². The summed E-state index contributed by atoms with van der Waals surface area (Å²) in [7, 11) is 0. The molecular formula is C32H18ClNO7. The van der Waals surface area contributed by atoms with E-state index in [1.54, 1.807) is 48.5 Å². The number of ether oxygens (including phenoxy) is 1. The van der Waals surface area contributed by atoms with E-state index in [2.05, 4.69) is 0 Å². The van der Waals surface area contributed by atoms with Crippen molar-refractivity contribution in [2.24, 2.45) is 5.41 Å². The van der Waals surface area contributed by atoms with Crippen LogP contribution in [0, 0.1) is 15.5 Å². The lowest BCUT2D eigenvalue weighted by molar-refractivity contribution is -0.384. The van der Waals surface area contributed by atoms with E-state index in [1.165, 1.54) is 48.5 Å². The summed E-state index contributed by atoms with van der Waals surface area (Å²) < 4.78 is 6.57. The molecular weight excluding hydrogens is 546 g/mol. The maximum atomic E-state index is 14.6. The average Bonchev–Trinajstić information content (AvgIpc) is 3.51. The number of non-ortho nitro benzene ring substituents is 1. The number of Topliss-reactive ketones (excluding diaryl/α,β-unsaturated/α-hetero) is 4. The van der Waals surface area contributed by atoms with E-state index in [0.717, 1.165) is 0 Å². The minimum atomic E-state index is -2.34. The van der Waals surface area contributed by atoms with Crippen molar-refractivity contribution >= 4 is 40.4 Å². The molecule has 3 aliphatic rings. The Labute approximate surface area is 237 Å². The predicted molar refractivity (Wildman–Crippen MR) is 146 cm³/mol. The fourth-order valence-electron chi connectivity index (χ4n) is 6.78. The zero-order valence-corrected chi connectivity index (χ0v) is 21.8. The molecule has 0 N–H and O–H groups in total. The standard InChI is InChI=1S/C32H18ClNO7/c33-19-14-12-17(13-15-19)30-31(26(35)21-8-1-2-9-22(21)27(31)36)25(18-6-5-7-20(16-18)34(39)40)32(41-30)28(37)23-10-3-4-11-24(23)29(32)38/h1-16,25,30H/t25-,30+/m0/s1. The summed E-state index contributed by atoms with van der Waals surface area (Å²) in [4.78, 5) is 69.2. The SMILES string of the molecule is O=C1c2ccccc2C(=O)C12O[C@H](c1ccc(Cl)cc1)C1(C(=O)c3ccccc3C1=O)[C@@H]2c1cccc([N+](=O)[O-])c1. The fraction of sp³-hybridized carbons (Fsp3) is 0.125. The molecule has 1 aliphatic heterocycles. The Morgan fingerprint density at radius 1 is 0.659 bits per heavy atom. The minimum absolute atomic E-state index is 0.0928. The summed E-state index contributed by atoms with van der Waals surface area (Å²) in [5.74, 6) is -4.18. The number of nitro benzene ring substituents is 1. The Bertz CT molecular complexity index is 1790. The van der Waals surface area contributed by atoms with E-state index in [0.29, 0.717) is 10.6 Å². The van der Waals surface area contributed by atoms with E-state index in [1.807, 2.05) is 0 Å². The highest BCUT2D eigenvalue weighted by atomic mass is 35.5. The molecule has 0 aromatic heterocycles. The molecule has 2 spiro atoms. The van der Waals surface area contributed by atoms with Crippen molar-refractivity contribution in [2.75, 3.05) is 0 Å². The molecule has 2 atom stereocenters. The molecule has 0 radical (unpaired) electrons. The quantitative estimate of drug-likeness (QED) is 0.171. The van der Waals surface area contributed by atoms with Crippen LogP contribution in [0.2, 0.25) is 5.02 Å². The van der Waals surface area contributed by atoms with E-state index < -0.39 is 51.1 Å². The van der Waals surface area contributed by atoms with Crippen LogP contribution in [0.1, 0.15) is 64.6 Å². The first kappa shape index (κ1) is 25.2. The molecule has 200 valence electrons. The first-order chi connectivity index (χ1) is 19.7. The highest BCUT2D eigenvalue weighted by Crippen LogP contribution is 2.68. The van der Waals surface area contributed by atoms with Crippen molar-refractivity contribution in [2.45, 2.75) is 17.6 Å². The van der Waals surface area contributed by atoms with E-state index >= 15 is 0 Å². The second kappa shape index (κ2) is 8.60. The Balaban J connectivity index is 1.60. The summed E-state index contributed by atoms with van der Waals surface area (Å²) in [6, 6.07) is 24.1. The van der Waals surface area contributed by atoms with Gasteiger partial charge in [0, 0.05) is 39.4 Å². The second-order valence-corrected chi connectivity index (χ2v) is 10.8. The molecule has 1 saturated heterocycles. The Hall–Kier alpha value is -4.79. The van der Waals surface area contributed by atoms with E-state index in [-0.39, 0.29) is 33.5 Å². The van der Waals surface area contributed by atoms with Crippen LogP contribution in [0.15, 0.2) is 97.1 Å². The van der Waals surface area contributed by atoms with Crippen molar-refractivity contribution in [1.82, 2.24) is 0 Å². The third-order valence-electron chi connectivity index (χ3n) is 8.43. The molecule has 0 saturated carbocycles. The normalized spacial score (nSPS) is 21.5. The molecule has 1 fully saturated rings. The molecule has 2 aliphatic carbocycles. The van der Waals surface area contributed by atoms with Gasteiger partial charge in [0.25, 0.3) is 5.69 Å². The number of halogens is 1. The average molecular weight is 564 g/mol. The number of ketones is 4. The van der Waals surface area contributed by atoms with Gasteiger partial charge in [-0.15, -0.1) is 0 Å². The third kappa shape index (κ3) is 3.08. The fourth-order valence-corrected chi connectivity index (χ4v) is 6.91. The van der Waals surface area contributed by atoms with Gasteiger partial charge in [0.05, 0.1) is 10.8 Å². The van der Waals surface area contributed by atoms with Gasteiger partial charge in [-0.05, 0) is 23.3 Å². The Morgan fingerprint density at radius 2 is 1.17 bits per heavy atom. The van der Waals surface area contributed by atoms with Gasteiger partial charge in [0.2, 0.25) is 17.2 Å². The first-order valence-electron chi connectivity index (χ1n) is 12.8. The van der Waals surface area contributed by atoms with Crippen LogP contribution in [0.25, 0.3) is 0 Å². The summed E-state index contributed by atoms with van der Waals surface area (Å²) in [5, 5.41) is 12.2. The van der Waals surface area contributed by atoms with Gasteiger partial charge in [0.1, 0.15) is 11.5 Å². The number of carbonyl (C=O) groups is 4. The molecule has 0 amide bonds. The van der Waals surface area contributed by atoms with Crippen LogP contribution in [-0.2, 0) is 4.74 Å². The van der Waals surface area contributed by atoms with Gasteiger partial charge < -0.3 is 4.74 Å². The van der Waals surface area contributed by atoms with Gasteiger partial charge >= 0.3 is 0 Å². The van der Waals surface area contributed by atoms with Crippen LogP contribution in [-0.4, -0.2) is 33.7 Å². The summed E-state index contributed by atoms with van der Waals surface area (Å²) in [5.41, 5.74) is -3.89. The highest BCUT2D eigenvalue weighted by molar-refractivity contribution is 6.37. The highest BCUT2D eigenvalue weighted by Gasteiger charge is 2.79. The van der Waals surface area contributed by atoms with Gasteiger partial charge in [-0.25, -0.2) is 0 Å². The lowest BCUT2D eigenvalue weighted by Crippen LogP contribution is -2.51. The van der Waals surface area contributed by atoms with Crippen LogP contribution in [0.5, 0.6) is 0 Å². The molecule has 41 heavy (non-hydrogen) atoms. The van der Waals surface area contributed by atoms with Crippen LogP contribution in [0.3, 0.4) is 0 Å². The van der Waals surface area contributed by atoms with Crippen molar-refractivity contribution in [3.8, 4) is 0 Å². The number of fused-ring (bicyclic) bond motifs is 2. The Kier molecular flexibility index (Phi) is 5.29. The molecule has 0 bridgehead atoms. The van der Waals surface area contributed by atoms with E-state index in [9.17, 15) is 29.3 Å². The lowest BCUT2D eigenvalue weighted by Gasteiger charge is -2.34. The largest absolute Gasteiger partial charge is 0.348 e. The first-order valence-corrected chi connectivity index (χ1v) is 13.2. The van der Waals surface area contributed by atoms with E-state index in [4.69, 9.17) is 16.3 Å². The summed E-state index contributed by atoms with van der Waals surface area (Å²) in [6.07, 6.45) is -1.39. The third-order valence-corrected chi connectivity index (χ3v) is 8.68. The van der Waals surface area contributed by atoms with Gasteiger partial charge in [-0.2, -0.15) is 0 Å². The van der Waals surface area contributed by atoms with Gasteiger partial charge in [-0.3, -0.25) is 29.3 Å². The maximum Gasteiger partial charge on any atom is 0.269 e. The smallest absolute Gasteiger partial charge is 0.269 e. The second-order valence-electron chi connectivity index (χ2n) is 10.3.